The lowest BCUT2D eigenvalue weighted by molar-refractivity contribution is -0.127. The molecule has 2 aliphatic rings. The zero-order valence-electron chi connectivity index (χ0n) is 27.8. The topological polar surface area (TPSA) is 140 Å². The molecule has 0 saturated carbocycles. The molecule has 2 saturated heterocycles. The molecule has 0 radical (unpaired) electrons. The number of nitrogens with zero attached hydrogens (tertiary/aromatic N) is 5. The summed E-state index contributed by atoms with van der Waals surface area (Å²) in [4.78, 5) is 52.5. The fourth-order valence-corrected chi connectivity index (χ4v) is 6.81. The van der Waals surface area contributed by atoms with E-state index in [2.05, 4.69) is 38.9 Å². The number of methoxy groups -OCH3 is 2. The molecule has 0 spiro atoms. The maximum atomic E-state index is 14.5. The van der Waals surface area contributed by atoms with Crippen LogP contribution in [0.25, 0.3) is 22.2 Å². The highest BCUT2D eigenvalue weighted by Crippen LogP contribution is 2.45. The second-order valence-corrected chi connectivity index (χ2v) is 12.5. The van der Waals surface area contributed by atoms with Gasteiger partial charge in [-0.05, 0) is 44.9 Å². The Balaban J connectivity index is 1.59. The molecule has 1 aromatic carbocycles. The molecule has 0 aliphatic carbocycles. The van der Waals surface area contributed by atoms with Crippen molar-refractivity contribution in [2.24, 2.45) is 0 Å². The minimum Gasteiger partial charge on any atom is -0.495 e. The highest BCUT2D eigenvalue weighted by atomic mass is 35.5. The fraction of sp³-hybridized carbons (Fsp3) is 0.441. The molecule has 2 fully saturated rings. The number of pyridine rings is 1. The van der Waals surface area contributed by atoms with Gasteiger partial charge in [-0.2, -0.15) is 4.98 Å². The van der Waals surface area contributed by atoms with Gasteiger partial charge in [0.2, 0.25) is 11.9 Å². The Kier molecular flexibility index (Phi) is 11.7. The summed E-state index contributed by atoms with van der Waals surface area (Å²) in [5.74, 6) is 5.62. The maximum Gasteiger partial charge on any atom is 0.298 e. The predicted molar refractivity (Wildman–Crippen MR) is 188 cm³/mol. The number of carbonyl (C=O) groups is 2. The normalized spacial score (nSPS) is 19.5. The van der Waals surface area contributed by atoms with Crippen molar-refractivity contribution in [3.8, 4) is 34.5 Å². The van der Waals surface area contributed by atoms with Gasteiger partial charge in [0.25, 0.3) is 11.5 Å². The second-order valence-electron chi connectivity index (χ2n) is 11.8. The van der Waals surface area contributed by atoms with E-state index >= 15 is 0 Å². The fourth-order valence-electron chi connectivity index (χ4n) is 6.10. The van der Waals surface area contributed by atoms with Crippen LogP contribution in [0.15, 0.2) is 35.8 Å². The van der Waals surface area contributed by atoms with Crippen LogP contribution in [0.3, 0.4) is 0 Å². The zero-order chi connectivity index (χ0) is 35.2. The highest BCUT2D eigenvalue weighted by Gasteiger charge is 2.30. The van der Waals surface area contributed by atoms with Crippen LogP contribution < -0.4 is 25.7 Å². The van der Waals surface area contributed by atoms with Crippen molar-refractivity contribution in [1.82, 2.24) is 29.7 Å². The first-order chi connectivity index (χ1) is 23.6. The quantitative estimate of drug-likeness (QED) is 0.238. The zero-order valence-corrected chi connectivity index (χ0v) is 29.4. The standard InChI is InChI=1S/C34H39Cl2N7O6/c1-6-8-28(45)42-13-12-41(3)21(18-42)9-11-43-32-20(15-22(33(43)46)29-30(35)25(47-4)16-26(48-5)31(29)36)17-37-34(40-32)39-24-19-49-14-10-23(24)38-27(44)7-2/h7,15-17,21,23-24H,2,9-14,18-19H2,1,3-5H3,(H,38,44)(H,37,39,40)/t21?,23-,24+/m0/s1. The molecule has 5 rings (SSSR count). The number of nitrogens with one attached hydrogen (secondary N) is 2. The summed E-state index contributed by atoms with van der Waals surface area (Å²) in [7, 11) is 4.92. The summed E-state index contributed by atoms with van der Waals surface area (Å²) >= 11 is 13.6. The van der Waals surface area contributed by atoms with E-state index < -0.39 is 5.56 Å². The van der Waals surface area contributed by atoms with Crippen molar-refractivity contribution in [3.05, 3.63) is 51.4 Å². The summed E-state index contributed by atoms with van der Waals surface area (Å²) in [6, 6.07) is 2.57. The van der Waals surface area contributed by atoms with Crippen LogP contribution >= 0.6 is 23.2 Å². The number of aryl methyl sites for hydroxylation is 1. The van der Waals surface area contributed by atoms with Crippen LogP contribution in [0, 0.1) is 11.8 Å². The maximum absolute atomic E-state index is 14.5. The van der Waals surface area contributed by atoms with Gasteiger partial charge in [0, 0.05) is 62.0 Å². The van der Waals surface area contributed by atoms with Crippen LogP contribution in [0.4, 0.5) is 5.95 Å². The number of fused-ring (bicyclic) bond motifs is 1. The number of piperazine rings is 1. The Hall–Kier alpha value is -4.35. The first kappa shape index (κ1) is 35.9. The van der Waals surface area contributed by atoms with E-state index in [1.807, 2.05) is 7.05 Å². The third-order valence-corrected chi connectivity index (χ3v) is 9.59. The Morgan fingerprint density at radius 3 is 2.57 bits per heavy atom. The average molecular weight is 713 g/mol. The lowest BCUT2D eigenvalue weighted by atomic mass is 10.0. The Morgan fingerprint density at radius 1 is 1.16 bits per heavy atom. The van der Waals surface area contributed by atoms with E-state index in [0.717, 1.165) is 0 Å². The number of aromatic nitrogens is 3. The van der Waals surface area contributed by atoms with Gasteiger partial charge >= 0.3 is 0 Å². The molecule has 13 nitrogen and oxygen atoms in total. The number of likely N-dealkylation sites (N-methyl/N-ethyl adjacent to an activating group) is 1. The lowest BCUT2D eigenvalue weighted by Gasteiger charge is -2.38. The number of halogens is 2. The molecule has 260 valence electrons. The van der Waals surface area contributed by atoms with Crippen LogP contribution in [-0.4, -0.2) is 108 Å². The van der Waals surface area contributed by atoms with Gasteiger partial charge in [0.15, 0.2) is 0 Å². The van der Waals surface area contributed by atoms with Crippen LogP contribution in [-0.2, 0) is 20.9 Å². The Labute approximate surface area is 294 Å². The predicted octanol–water partition coefficient (Wildman–Crippen LogP) is 3.21. The molecule has 1 unspecified atom stereocenters. The molecule has 3 aromatic rings. The molecule has 49 heavy (non-hydrogen) atoms. The molecule has 2 aliphatic heterocycles. The van der Waals surface area contributed by atoms with Gasteiger partial charge in [-0.1, -0.05) is 35.7 Å². The molecule has 3 atom stereocenters. The number of amides is 2. The molecule has 4 heterocycles. The van der Waals surface area contributed by atoms with Crippen molar-refractivity contribution in [2.75, 3.05) is 59.4 Å². The molecule has 2 amide bonds. The van der Waals surface area contributed by atoms with Gasteiger partial charge in [-0.15, -0.1) is 0 Å². The third-order valence-electron chi connectivity index (χ3n) is 8.84. The van der Waals surface area contributed by atoms with Gasteiger partial charge in [-0.3, -0.25) is 23.9 Å². The molecular formula is C34H39Cl2N7O6. The number of ether oxygens (including phenoxy) is 3. The van der Waals surface area contributed by atoms with E-state index in [1.54, 1.807) is 34.7 Å². The monoisotopic (exact) mass is 711 g/mol. The summed E-state index contributed by atoms with van der Waals surface area (Å²) in [6.07, 6.45) is 3.94. The van der Waals surface area contributed by atoms with Gasteiger partial charge in [0.1, 0.15) is 17.1 Å². The van der Waals surface area contributed by atoms with Gasteiger partial charge in [0.05, 0.1) is 48.5 Å². The largest absolute Gasteiger partial charge is 0.495 e. The average Bonchev–Trinajstić information content (AvgIpc) is 3.10. The molecule has 0 bridgehead atoms. The van der Waals surface area contributed by atoms with Crippen LogP contribution in [0.1, 0.15) is 19.8 Å². The summed E-state index contributed by atoms with van der Waals surface area (Å²) in [5.41, 5.74) is 0.452. The van der Waals surface area contributed by atoms with Crippen molar-refractivity contribution in [1.29, 1.82) is 0 Å². The van der Waals surface area contributed by atoms with E-state index in [0.29, 0.717) is 56.7 Å². The minimum atomic E-state index is -0.392. The van der Waals surface area contributed by atoms with Crippen LogP contribution in [0.2, 0.25) is 10.0 Å². The number of rotatable bonds is 10. The smallest absolute Gasteiger partial charge is 0.298 e. The number of anilines is 1. The summed E-state index contributed by atoms with van der Waals surface area (Å²) in [6.45, 7) is 7.92. The van der Waals surface area contributed by atoms with Crippen molar-refractivity contribution < 1.29 is 23.8 Å². The van der Waals surface area contributed by atoms with Crippen molar-refractivity contribution in [3.63, 3.8) is 0 Å². The molecule has 2 N–H and O–H groups in total. The first-order valence-electron chi connectivity index (χ1n) is 15.8. The second kappa shape index (κ2) is 15.9. The molecule has 15 heteroatoms. The third kappa shape index (κ3) is 7.78. The lowest BCUT2D eigenvalue weighted by Crippen LogP contribution is -2.53. The summed E-state index contributed by atoms with van der Waals surface area (Å²) in [5, 5.41) is 7.08. The number of carbonyl (C=O) groups excluding carboxylic acids is 2. The number of hydrogen-bond acceptors (Lipinski definition) is 10. The van der Waals surface area contributed by atoms with Gasteiger partial charge < -0.3 is 29.7 Å². The van der Waals surface area contributed by atoms with E-state index in [1.165, 1.54) is 20.3 Å². The first-order valence-corrected chi connectivity index (χ1v) is 16.6. The minimum absolute atomic E-state index is 0.0564. The van der Waals surface area contributed by atoms with E-state index in [-0.39, 0.29) is 75.1 Å². The summed E-state index contributed by atoms with van der Waals surface area (Å²) < 4.78 is 18.2. The SMILES string of the molecule is C=CC(=O)N[C@H]1CCOC[C@H]1Nc1ncc2cc(-c3c(Cl)c(OC)cc(OC)c3Cl)c(=O)n(CCC3CN(C(=O)C#CC)CCN3C)c2n1. The number of hydrogen-bond donors (Lipinski definition) is 2. The highest BCUT2D eigenvalue weighted by molar-refractivity contribution is 6.41. The van der Waals surface area contributed by atoms with Gasteiger partial charge in [-0.25, -0.2) is 4.98 Å². The Bertz CT molecular complexity index is 1850. The Morgan fingerprint density at radius 2 is 1.90 bits per heavy atom. The molecule has 2 aromatic heterocycles. The van der Waals surface area contributed by atoms with Crippen LogP contribution in [0.5, 0.6) is 11.5 Å². The van der Waals surface area contributed by atoms with Crippen molar-refractivity contribution in [2.45, 2.75) is 44.4 Å². The number of benzene rings is 1. The van der Waals surface area contributed by atoms with E-state index in [4.69, 9.17) is 42.4 Å². The van der Waals surface area contributed by atoms with Crippen molar-refractivity contribution >= 4 is 52.0 Å². The molecular weight excluding hydrogens is 673 g/mol. The van der Waals surface area contributed by atoms with E-state index in [9.17, 15) is 14.4 Å².